The molecule has 1 fully saturated rings. The highest BCUT2D eigenvalue weighted by Gasteiger charge is 2.30. The lowest BCUT2D eigenvalue weighted by atomic mass is 10.0. The highest BCUT2D eigenvalue weighted by atomic mass is 35.5. The largest absolute Gasteiger partial charge is 0.379 e. The minimum absolute atomic E-state index is 0.0290. The number of hydrogen-bond acceptors (Lipinski definition) is 4. The van der Waals surface area contributed by atoms with Crippen LogP contribution in [0.1, 0.15) is 13.3 Å². The van der Waals surface area contributed by atoms with Crippen LogP contribution in [0.2, 0.25) is 5.15 Å². The molecule has 0 aromatic carbocycles. The van der Waals surface area contributed by atoms with Gasteiger partial charge in [-0.05, 0) is 13.3 Å². The number of nitrogens with one attached hydrogen (secondary N) is 1. The second-order valence-corrected chi connectivity index (χ2v) is 4.71. The summed E-state index contributed by atoms with van der Waals surface area (Å²) in [6.45, 7) is 3.70. The molecule has 1 N–H and O–H groups in total. The van der Waals surface area contributed by atoms with Crippen molar-refractivity contribution in [2.24, 2.45) is 0 Å². The standard InChI is InChI=1S/C8H11ClN2OS/c1-8(2-3-12-5-8)11-7-10-6(9)4-13-7/h4H,2-3,5H2,1H3,(H,10,11). The molecule has 0 aliphatic carbocycles. The zero-order valence-electron chi connectivity index (χ0n) is 7.34. The van der Waals surface area contributed by atoms with Crippen molar-refractivity contribution >= 4 is 28.1 Å². The first-order valence-corrected chi connectivity index (χ1v) is 5.41. The lowest BCUT2D eigenvalue weighted by molar-refractivity contribution is 0.185. The Kier molecular flexibility index (Phi) is 2.45. The van der Waals surface area contributed by atoms with E-state index in [2.05, 4.69) is 17.2 Å². The van der Waals surface area contributed by atoms with Crippen LogP contribution in [-0.4, -0.2) is 23.7 Å². The number of anilines is 1. The van der Waals surface area contributed by atoms with Crippen molar-refractivity contribution in [2.45, 2.75) is 18.9 Å². The van der Waals surface area contributed by atoms with E-state index in [0.717, 1.165) is 24.8 Å². The molecule has 0 spiro atoms. The summed E-state index contributed by atoms with van der Waals surface area (Å²) < 4.78 is 5.32. The Bertz CT molecular complexity index is 296. The highest BCUT2D eigenvalue weighted by molar-refractivity contribution is 7.14. The number of nitrogens with zero attached hydrogens (tertiary/aromatic N) is 1. The van der Waals surface area contributed by atoms with Gasteiger partial charge in [-0.1, -0.05) is 11.6 Å². The molecule has 2 heterocycles. The predicted octanol–water partition coefficient (Wildman–Crippen LogP) is 2.39. The second kappa shape index (κ2) is 3.44. The SMILES string of the molecule is CC1(Nc2nc(Cl)cs2)CCOC1. The molecular formula is C8H11ClN2OS. The Morgan fingerprint density at radius 3 is 3.15 bits per heavy atom. The molecule has 13 heavy (non-hydrogen) atoms. The Labute approximate surface area is 86.1 Å². The number of thiazole rings is 1. The summed E-state index contributed by atoms with van der Waals surface area (Å²) in [5.41, 5.74) is 0.0290. The average Bonchev–Trinajstić information content (AvgIpc) is 2.62. The Morgan fingerprint density at radius 2 is 2.62 bits per heavy atom. The molecule has 0 saturated carbocycles. The van der Waals surface area contributed by atoms with Crippen LogP contribution in [0.4, 0.5) is 5.13 Å². The smallest absolute Gasteiger partial charge is 0.184 e. The van der Waals surface area contributed by atoms with Crippen molar-refractivity contribution in [3.8, 4) is 0 Å². The summed E-state index contributed by atoms with van der Waals surface area (Å²) in [7, 11) is 0. The van der Waals surface area contributed by atoms with Crippen molar-refractivity contribution < 1.29 is 4.74 Å². The van der Waals surface area contributed by atoms with Gasteiger partial charge < -0.3 is 10.1 Å². The van der Waals surface area contributed by atoms with Crippen molar-refractivity contribution in [3.05, 3.63) is 10.5 Å². The van der Waals surface area contributed by atoms with E-state index in [1.54, 1.807) is 0 Å². The minimum Gasteiger partial charge on any atom is -0.379 e. The van der Waals surface area contributed by atoms with E-state index < -0.39 is 0 Å². The van der Waals surface area contributed by atoms with Gasteiger partial charge in [0.15, 0.2) is 5.13 Å². The van der Waals surface area contributed by atoms with Crippen LogP contribution in [0, 0.1) is 0 Å². The fraction of sp³-hybridized carbons (Fsp3) is 0.625. The fourth-order valence-corrected chi connectivity index (χ4v) is 2.32. The lowest BCUT2D eigenvalue weighted by Gasteiger charge is -2.22. The Hall–Kier alpha value is -0.320. The molecule has 3 nitrogen and oxygen atoms in total. The number of ether oxygens (including phenoxy) is 1. The molecule has 2 rings (SSSR count). The third kappa shape index (κ3) is 2.13. The molecule has 1 atom stereocenters. The van der Waals surface area contributed by atoms with Crippen molar-refractivity contribution in [3.63, 3.8) is 0 Å². The summed E-state index contributed by atoms with van der Waals surface area (Å²) in [6.07, 6.45) is 1.02. The minimum atomic E-state index is 0.0290. The van der Waals surface area contributed by atoms with Crippen LogP contribution in [0.3, 0.4) is 0 Å². The Morgan fingerprint density at radius 1 is 1.77 bits per heavy atom. The zero-order valence-corrected chi connectivity index (χ0v) is 8.91. The second-order valence-electron chi connectivity index (χ2n) is 3.46. The summed E-state index contributed by atoms with van der Waals surface area (Å²) in [5.74, 6) is 0. The predicted molar refractivity (Wildman–Crippen MR) is 54.6 cm³/mol. The van der Waals surface area contributed by atoms with E-state index in [9.17, 15) is 0 Å². The van der Waals surface area contributed by atoms with E-state index in [-0.39, 0.29) is 5.54 Å². The van der Waals surface area contributed by atoms with Gasteiger partial charge in [0.1, 0.15) is 5.15 Å². The Balaban J connectivity index is 2.04. The molecule has 0 bridgehead atoms. The molecule has 1 aliphatic rings. The van der Waals surface area contributed by atoms with Crippen LogP contribution in [0.5, 0.6) is 0 Å². The van der Waals surface area contributed by atoms with Gasteiger partial charge >= 0.3 is 0 Å². The van der Waals surface area contributed by atoms with E-state index in [4.69, 9.17) is 16.3 Å². The molecule has 0 radical (unpaired) electrons. The third-order valence-corrected chi connectivity index (χ3v) is 3.18. The van der Waals surface area contributed by atoms with Gasteiger partial charge in [0.25, 0.3) is 0 Å². The first kappa shape index (κ1) is 9.24. The van der Waals surface area contributed by atoms with Crippen molar-refractivity contribution in [1.29, 1.82) is 0 Å². The molecule has 1 saturated heterocycles. The molecule has 1 aromatic heterocycles. The number of halogens is 1. The van der Waals surface area contributed by atoms with Gasteiger partial charge in [0, 0.05) is 12.0 Å². The van der Waals surface area contributed by atoms with Gasteiger partial charge in [-0.15, -0.1) is 11.3 Å². The van der Waals surface area contributed by atoms with Crippen LogP contribution in [0.25, 0.3) is 0 Å². The van der Waals surface area contributed by atoms with Gasteiger partial charge in [-0.3, -0.25) is 0 Å². The number of rotatable bonds is 2. The van der Waals surface area contributed by atoms with Gasteiger partial charge in [-0.25, -0.2) is 4.98 Å². The van der Waals surface area contributed by atoms with Crippen LogP contribution >= 0.6 is 22.9 Å². The van der Waals surface area contributed by atoms with E-state index in [0.29, 0.717) is 5.15 Å². The maximum Gasteiger partial charge on any atom is 0.184 e. The quantitative estimate of drug-likeness (QED) is 0.828. The third-order valence-electron chi connectivity index (χ3n) is 2.10. The van der Waals surface area contributed by atoms with Crippen molar-refractivity contribution in [2.75, 3.05) is 18.5 Å². The van der Waals surface area contributed by atoms with E-state index in [1.807, 2.05) is 5.38 Å². The molecule has 72 valence electrons. The van der Waals surface area contributed by atoms with Gasteiger partial charge in [0.05, 0.1) is 12.1 Å². The molecule has 1 unspecified atom stereocenters. The highest BCUT2D eigenvalue weighted by Crippen LogP contribution is 2.27. The van der Waals surface area contributed by atoms with Crippen LogP contribution < -0.4 is 5.32 Å². The monoisotopic (exact) mass is 218 g/mol. The first-order valence-electron chi connectivity index (χ1n) is 4.15. The topological polar surface area (TPSA) is 34.2 Å². The first-order chi connectivity index (χ1) is 6.18. The fourth-order valence-electron chi connectivity index (χ4n) is 1.34. The maximum absolute atomic E-state index is 5.72. The summed E-state index contributed by atoms with van der Waals surface area (Å²) >= 11 is 7.24. The molecule has 1 aliphatic heterocycles. The lowest BCUT2D eigenvalue weighted by Crippen LogP contribution is -2.34. The molecule has 0 amide bonds. The normalized spacial score (nSPS) is 27.8. The average molecular weight is 219 g/mol. The van der Waals surface area contributed by atoms with Crippen molar-refractivity contribution in [1.82, 2.24) is 4.98 Å². The molecule has 5 heteroatoms. The van der Waals surface area contributed by atoms with Gasteiger partial charge in [0.2, 0.25) is 0 Å². The summed E-state index contributed by atoms with van der Waals surface area (Å²) in [5, 5.41) is 6.58. The van der Waals surface area contributed by atoms with Gasteiger partial charge in [-0.2, -0.15) is 0 Å². The number of hydrogen-bond donors (Lipinski definition) is 1. The van der Waals surface area contributed by atoms with Crippen LogP contribution in [0.15, 0.2) is 5.38 Å². The molecule has 1 aromatic rings. The van der Waals surface area contributed by atoms with E-state index >= 15 is 0 Å². The number of aromatic nitrogens is 1. The van der Waals surface area contributed by atoms with Crippen LogP contribution in [-0.2, 0) is 4.74 Å². The molecular weight excluding hydrogens is 208 g/mol. The van der Waals surface area contributed by atoms with E-state index in [1.165, 1.54) is 11.3 Å². The maximum atomic E-state index is 5.72. The summed E-state index contributed by atoms with van der Waals surface area (Å²) in [4.78, 5) is 4.14. The zero-order chi connectivity index (χ0) is 9.31. The summed E-state index contributed by atoms with van der Waals surface area (Å²) in [6, 6.07) is 0.